The van der Waals surface area contributed by atoms with Gasteiger partial charge in [0.2, 0.25) is 0 Å². The van der Waals surface area contributed by atoms with Crippen LogP contribution in [-0.4, -0.2) is 65.5 Å². The van der Waals surface area contributed by atoms with E-state index in [4.69, 9.17) is 15.2 Å². The number of fused-ring (bicyclic) bond motifs is 1. The van der Waals surface area contributed by atoms with E-state index in [1.165, 1.54) is 38.8 Å². The highest BCUT2D eigenvalue weighted by Gasteiger charge is 2.39. The molecule has 0 aliphatic heterocycles. The van der Waals surface area contributed by atoms with Gasteiger partial charge in [-0.1, -0.05) is 0 Å². The first-order valence-corrected chi connectivity index (χ1v) is 13.0. The number of nitrogen functional groups attached to an aromatic ring is 1. The molecule has 15 heteroatoms. The second-order valence-electron chi connectivity index (χ2n) is 8.90. The summed E-state index contributed by atoms with van der Waals surface area (Å²) in [6, 6.07) is 0. The Balaban J connectivity index is 1.76. The van der Waals surface area contributed by atoms with Gasteiger partial charge in [0, 0.05) is 12.4 Å². The van der Waals surface area contributed by atoms with Crippen LogP contribution < -0.4 is 15.9 Å². The lowest BCUT2D eigenvalue weighted by Crippen LogP contribution is -2.49. The fraction of sp³-hybridized carbons (Fsp3) is 0.476. The number of esters is 1. The third-order valence-corrected chi connectivity index (χ3v) is 6.81. The maximum absolute atomic E-state index is 13.9. The van der Waals surface area contributed by atoms with Crippen molar-refractivity contribution in [2.24, 2.45) is 0 Å². The number of hydrogen-bond acceptors (Lipinski definition) is 11. The number of aromatic nitrogens is 6. The predicted molar refractivity (Wildman–Crippen MR) is 131 cm³/mol. The van der Waals surface area contributed by atoms with Crippen LogP contribution >= 0.6 is 7.44 Å². The fourth-order valence-corrected chi connectivity index (χ4v) is 5.27. The van der Waals surface area contributed by atoms with Crippen molar-refractivity contribution >= 4 is 36.3 Å². The van der Waals surface area contributed by atoms with E-state index >= 15 is 0 Å². The normalized spacial score (nSPS) is 14.4. The summed E-state index contributed by atoms with van der Waals surface area (Å²) in [5.74, 6) is -1.12. The molecular formula is C21H30N9O5P. The van der Waals surface area contributed by atoms with Gasteiger partial charge >= 0.3 is 5.97 Å². The number of rotatable bonds is 11. The first kappa shape index (κ1) is 27.1. The maximum Gasteiger partial charge on any atom is 0.326 e. The van der Waals surface area contributed by atoms with Crippen LogP contribution in [0.5, 0.6) is 0 Å². The molecule has 1 amide bonds. The number of carbonyl (C=O) groups is 2. The van der Waals surface area contributed by atoms with Gasteiger partial charge in [0.1, 0.15) is 29.4 Å². The third kappa shape index (κ3) is 6.80. The highest BCUT2D eigenvalue weighted by molar-refractivity contribution is 7.60. The second-order valence-corrected chi connectivity index (χ2v) is 11.1. The minimum Gasteiger partial charge on any atom is -0.462 e. The van der Waals surface area contributed by atoms with E-state index in [9.17, 15) is 14.2 Å². The monoisotopic (exact) mass is 519 g/mol. The molecule has 3 aromatic rings. The average molecular weight is 520 g/mol. The molecule has 194 valence electrons. The molecule has 0 radical (unpaired) electrons. The zero-order valence-electron chi connectivity index (χ0n) is 20.7. The summed E-state index contributed by atoms with van der Waals surface area (Å²) >= 11 is 0. The highest BCUT2D eigenvalue weighted by Crippen LogP contribution is 2.40. The van der Waals surface area contributed by atoms with Crippen molar-refractivity contribution in [2.75, 3.05) is 12.1 Å². The minimum absolute atomic E-state index is 0.0442. The molecule has 0 aliphatic carbocycles. The Morgan fingerprint density at radius 2 is 1.92 bits per heavy atom. The van der Waals surface area contributed by atoms with Crippen molar-refractivity contribution in [3.63, 3.8) is 0 Å². The maximum atomic E-state index is 13.9. The Bertz CT molecular complexity index is 1270. The van der Waals surface area contributed by atoms with Crippen LogP contribution in [-0.2, 0) is 25.4 Å². The Kier molecular flexibility index (Phi) is 8.33. The third-order valence-electron chi connectivity index (χ3n) is 4.82. The molecular weight excluding hydrogens is 489 g/mol. The topological polar surface area (TPSA) is 189 Å². The summed E-state index contributed by atoms with van der Waals surface area (Å²) in [6.07, 6.45) is 5.55. The number of nitrogens with one attached hydrogen (secondary N) is 2. The highest BCUT2D eigenvalue weighted by atomic mass is 31.2. The molecule has 2 atom stereocenters. The SMILES string of the molecule is CC(C)OC(=O)C(C)(C)NP(=O)(CO[C@H](C)Cn1cnc2c(N)ncnc21)NC(=O)c1cnccn1. The Labute approximate surface area is 207 Å². The molecule has 0 fully saturated rings. The molecule has 1 unspecified atom stereocenters. The van der Waals surface area contributed by atoms with Gasteiger partial charge in [0.25, 0.3) is 13.4 Å². The van der Waals surface area contributed by atoms with Gasteiger partial charge in [0.05, 0.1) is 31.3 Å². The number of ether oxygens (including phenoxy) is 2. The van der Waals surface area contributed by atoms with Crippen molar-refractivity contribution in [1.29, 1.82) is 0 Å². The van der Waals surface area contributed by atoms with E-state index in [0.29, 0.717) is 17.7 Å². The van der Waals surface area contributed by atoms with Crippen molar-refractivity contribution in [2.45, 2.75) is 58.9 Å². The van der Waals surface area contributed by atoms with Gasteiger partial charge in [-0.25, -0.2) is 25.0 Å². The Morgan fingerprint density at radius 3 is 2.58 bits per heavy atom. The molecule has 0 spiro atoms. The first-order valence-electron chi connectivity index (χ1n) is 11.1. The summed E-state index contributed by atoms with van der Waals surface area (Å²) in [6.45, 7) is 8.46. The van der Waals surface area contributed by atoms with Gasteiger partial charge < -0.3 is 19.8 Å². The number of imidazole rings is 1. The summed E-state index contributed by atoms with van der Waals surface area (Å²) in [5, 5.41) is 5.19. The molecule has 3 rings (SSSR count). The number of amides is 1. The quantitative estimate of drug-likeness (QED) is 0.245. The Hall–Kier alpha value is -3.48. The van der Waals surface area contributed by atoms with Crippen molar-refractivity contribution in [3.8, 4) is 0 Å². The summed E-state index contributed by atoms with van der Waals surface area (Å²) in [5.41, 5.74) is 5.36. The van der Waals surface area contributed by atoms with Crippen molar-refractivity contribution < 1.29 is 23.6 Å². The van der Waals surface area contributed by atoms with E-state index in [-0.39, 0.29) is 17.6 Å². The second kappa shape index (κ2) is 11.1. The van der Waals surface area contributed by atoms with Gasteiger partial charge in [-0.05, 0) is 34.6 Å². The van der Waals surface area contributed by atoms with E-state index in [2.05, 4.69) is 35.1 Å². The van der Waals surface area contributed by atoms with Crippen LogP contribution in [0.1, 0.15) is 45.1 Å². The van der Waals surface area contributed by atoms with Crippen LogP contribution in [0.25, 0.3) is 11.2 Å². The summed E-state index contributed by atoms with van der Waals surface area (Å²) < 4.78 is 26.7. The lowest BCUT2D eigenvalue weighted by molar-refractivity contribution is -0.153. The minimum atomic E-state index is -3.87. The van der Waals surface area contributed by atoms with E-state index in [1.807, 2.05) is 0 Å². The molecule has 14 nitrogen and oxygen atoms in total. The lowest BCUT2D eigenvalue weighted by Gasteiger charge is -2.31. The van der Waals surface area contributed by atoms with Gasteiger partial charge in [-0.2, -0.15) is 0 Å². The largest absolute Gasteiger partial charge is 0.462 e. The lowest BCUT2D eigenvalue weighted by atomic mass is 10.1. The standard InChI is InChI=1S/C21H30N9O5P/c1-13(2)35-20(32)21(4,5)29-36(33,28-19(31)15-8-23-6-7-24-15)12-34-14(3)9-30-11-27-16-17(22)25-10-26-18(16)30/h6-8,10-11,13-14H,9,12H2,1-5H3,(H2,22,25,26)(H2,28,29,31,33)/t14-,36?/m1/s1. The van der Waals surface area contributed by atoms with Crippen LogP contribution in [0, 0.1) is 0 Å². The molecule has 0 saturated heterocycles. The molecule has 4 N–H and O–H groups in total. The van der Waals surface area contributed by atoms with Crippen molar-refractivity contribution in [3.05, 3.63) is 36.9 Å². The average Bonchev–Trinajstić information content (AvgIpc) is 3.21. The molecule has 3 aromatic heterocycles. The number of hydrogen-bond donors (Lipinski definition) is 3. The van der Waals surface area contributed by atoms with Crippen LogP contribution in [0.3, 0.4) is 0 Å². The molecule has 0 saturated carbocycles. The molecule has 3 heterocycles. The van der Waals surface area contributed by atoms with E-state index < -0.39 is 37.3 Å². The predicted octanol–water partition coefficient (Wildman–Crippen LogP) is 1.50. The van der Waals surface area contributed by atoms with E-state index in [1.54, 1.807) is 31.7 Å². The summed E-state index contributed by atoms with van der Waals surface area (Å²) in [7, 11) is -3.87. The smallest absolute Gasteiger partial charge is 0.326 e. The van der Waals surface area contributed by atoms with Crippen LogP contribution in [0.15, 0.2) is 31.2 Å². The number of carbonyl (C=O) groups excluding carboxylic acids is 2. The molecule has 36 heavy (non-hydrogen) atoms. The number of anilines is 1. The van der Waals surface area contributed by atoms with Crippen LogP contribution in [0.2, 0.25) is 0 Å². The van der Waals surface area contributed by atoms with Crippen molar-refractivity contribution in [1.82, 2.24) is 39.7 Å². The van der Waals surface area contributed by atoms with Gasteiger partial charge in [-0.15, -0.1) is 0 Å². The fourth-order valence-electron chi connectivity index (χ4n) is 3.18. The van der Waals surface area contributed by atoms with Gasteiger partial charge in [0.15, 0.2) is 11.5 Å². The zero-order valence-corrected chi connectivity index (χ0v) is 21.6. The van der Waals surface area contributed by atoms with E-state index in [0.717, 1.165) is 0 Å². The molecule has 0 aliphatic rings. The number of nitrogens with zero attached hydrogens (tertiary/aromatic N) is 6. The molecule has 0 aromatic carbocycles. The van der Waals surface area contributed by atoms with Gasteiger partial charge in [-0.3, -0.25) is 24.2 Å². The number of nitrogens with two attached hydrogens (primary N) is 1. The zero-order chi connectivity index (χ0) is 26.5. The first-order chi connectivity index (χ1) is 16.9. The van der Waals surface area contributed by atoms with Crippen LogP contribution in [0.4, 0.5) is 5.82 Å². The Morgan fingerprint density at radius 1 is 1.17 bits per heavy atom. The summed E-state index contributed by atoms with van der Waals surface area (Å²) in [4.78, 5) is 45.4. The molecule has 0 bridgehead atoms.